The highest BCUT2D eigenvalue weighted by Crippen LogP contribution is 2.49. The van der Waals surface area contributed by atoms with Crippen LogP contribution in [0.2, 0.25) is 0 Å². The predicted molar refractivity (Wildman–Crippen MR) is 128 cm³/mol. The van der Waals surface area contributed by atoms with Crippen LogP contribution in [0.4, 0.5) is 15.4 Å². The fourth-order valence-corrected chi connectivity index (χ4v) is 4.00. The van der Waals surface area contributed by atoms with Crippen LogP contribution in [-0.2, 0) is 10.3 Å². The van der Waals surface area contributed by atoms with Crippen LogP contribution in [0.15, 0.2) is 48.0 Å². The first-order valence-corrected chi connectivity index (χ1v) is 11.2. The van der Waals surface area contributed by atoms with Crippen LogP contribution in [0, 0.1) is 18.9 Å². The number of amides is 3. The zero-order valence-corrected chi connectivity index (χ0v) is 18.8. The molecule has 0 aliphatic heterocycles. The summed E-state index contributed by atoms with van der Waals surface area (Å²) in [6.07, 6.45) is 7.79. The summed E-state index contributed by atoms with van der Waals surface area (Å²) in [6, 6.07) is 9.95. The van der Waals surface area contributed by atoms with E-state index in [0.717, 1.165) is 29.7 Å². The third kappa shape index (κ3) is 5.14. The first-order chi connectivity index (χ1) is 16.4. The zero-order chi connectivity index (χ0) is 24.1. The monoisotopic (exact) mass is 472 g/mol. The number of benzene rings is 1. The van der Waals surface area contributed by atoms with E-state index < -0.39 is 23.7 Å². The standard InChI is InChI=1S/C24H20N6O3S/c1-3-21-29-20(14-34-21)30-23(32)28-19(13-33-22(25)31)16-6-4-15(5-7-16)18-12-17(8-11-27-18)24(26-2)9-10-24/h1,4-8,11-12,14,19H,9-10,13H2,(H2,25,31)(H2,28,30,32)/t19-/m0/s1. The van der Waals surface area contributed by atoms with Crippen molar-refractivity contribution >= 4 is 29.3 Å². The lowest BCUT2D eigenvalue weighted by atomic mass is 10.0. The first kappa shape index (κ1) is 22.8. The predicted octanol–water partition coefficient (Wildman–Crippen LogP) is 4.05. The number of pyridine rings is 1. The smallest absolute Gasteiger partial charge is 0.404 e. The minimum Gasteiger partial charge on any atom is -0.447 e. The Morgan fingerprint density at radius 3 is 2.71 bits per heavy atom. The van der Waals surface area contributed by atoms with Crippen molar-refractivity contribution in [1.82, 2.24) is 15.3 Å². The highest BCUT2D eigenvalue weighted by Gasteiger charge is 2.52. The second kappa shape index (κ2) is 9.61. The molecular formula is C24H20N6O3S. The number of nitrogens with zero attached hydrogens (tertiary/aromatic N) is 3. The second-order valence-electron chi connectivity index (χ2n) is 7.66. The average molecular weight is 473 g/mol. The van der Waals surface area contributed by atoms with Gasteiger partial charge in [0, 0.05) is 35.5 Å². The van der Waals surface area contributed by atoms with Gasteiger partial charge in [-0.05, 0) is 23.6 Å². The van der Waals surface area contributed by atoms with Gasteiger partial charge in [0.2, 0.25) is 0 Å². The highest BCUT2D eigenvalue weighted by atomic mass is 32.1. The maximum Gasteiger partial charge on any atom is 0.404 e. The van der Waals surface area contributed by atoms with E-state index in [1.807, 2.05) is 24.3 Å². The van der Waals surface area contributed by atoms with Gasteiger partial charge in [0.1, 0.15) is 12.4 Å². The molecule has 1 fully saturated rings. The summed E-state index contributed by atoms with van der Waals surface area (Å²) in [7, 11) is 0. The molecule has 3 aromatic rings. The van der Waals surface area contributed by atoms with Gasteiger partial charge < -0.3 is 20.6 Å². The number of nitrogens with one attached hydrogen (secondary N) is 2. The topological polar surface area (TPSA) is 124 Å². The third-order valence-electron chi connectivity index (χ3n) is 5.41. The summed E-state index contributed by atoms with van der Waals surface area (Å²) in [5.41, 5.74) is 7.97. The van der Waals surface area contributed by atoms with Gasteiger partial charge in [0.15, 0.2) is 5.01 Å². The number of rotatable bonds is 7. The first-order valence-electron chi connectivity index (χ1n) is 10.3. The van der Waals surface area contributed by atoms with E-state index in [9.17, 15) is 9.59 Å². The molecule has 170 valence electrons. The summed E-state index contributed by atoms with van der Waals surface area (Å²) in [4.78, 5) is 35.9. The molecule has 1 aliphatic carbocycles. The molecule has 2 aromatic heterocycles. The van der Waals surface area contributed by atoms with Gasteiger partial charge in [0.25, 0.3) is 5.54 Å². The van der Waals surface area contributed by atoms with Gasteiger partial charge in [-0.3, -0.25) is 10.3 Å². The Morgan fingerprint density at radius 2 is 2.09 bits per heavy atom. The quantitative estimate of drug-likeness (QED) is 0.354. The number of carbonyl (C=O) groups is 2. The van der Waals surface area contributed by atoms with Crippen molar-refractivity contribution in [2.24, 2.45) is 5.73 Å². The molecule has 3 amide bonds. The number of ether oxygens (including phenoxy) is 1. The third-order valence-corrected chi connectivity index (χ3v) is 6.18. The van der Waals surface area contributed by atoms with Gasteiger partial charge >= 0.3 is 12.1 Å². The minimum absolute atomic E-state index is 0.157. The van der Waals surface area contributed by atoms with Crippen molar-refractivity contribution in [3.8, 4) is 23.6 Å². The van der Waals surface area contributed by atoms with E-state index in [0.29, 0.717) is 16.4 Å². The summed E-state index contributed by atoms with van der Waals surface area (Å²) in [6.45, 7) is 7.31. The number of terminal acetylenes is 1. The van der Waals surface area contributed by atoms with E-state index in [-0.39, 0.29) is 6.61 Å². The minimum atomic E-state index is -0.947. The number of aromatic nitrogens is 2. The second-order valence-corrected chi connectivity index (χ2v) is 8.52. The molecule has 4 rings (SSSR count). The lowest BCUT2D eigenvalue weighted by Gasteiger charge is -2.19. The van der Waals surface area contributed by atoms with Crippen LogP contribution >= 0.6 is 11.3 Å². The van der Waals surface area contributed by atoms with Crippen molar-refractivity contribution in [2.75, 3.05) is 11.9 Å². The van der Waals surface area contributed by atoms with Crippen LogP contribution in [0.25, 0.3) is 16.1 Å². The van der Waals surface area contributed by atoms with Crippen LogP contribution in [0.3, 0.4) is 0 Å². The van der Waals surface area contributed by atoms with Gasteiger partial charge in [-0.15, -0.1) is 17.8 Å². The van der Waals surface area contributed by atoms with E-state index in [1.54, 1.807) is 23.7 Å². The van der Waals surface area contributed by atoms with Gasteiger partial charge in [-0.1, -0.05) is 24.3 Å². The summed E-state index contributed by atoms with van der Waals surface area (Å²) >= 11 is 1.23. The summed E-state index contributed by atoms with van der Waals surface area (Å²) in [5.74, 6) is 2.72. The molecule has 0 unspecified atom stereocenters. The number of primary amides is 1. The Hall–Kier alpha value is -4.41. The molecule has 10 heteroatoms. The molecule has 0 saturated heterocycles. The van der Waals surface area contributed by atoms with Crippen molar-refractivity contribution in [2.45, 2.75) is 24.4 Å². The number of urea groups is 1. The molecule has 0 bridgehead atoms. The normalized spacial score (nSPS) is 14.2. The van der Waals surface area contributed by atoms with E-state index in [1.165, 1.54) is 11.3 Å². The number of thiazole rings is 1. The Bertz CT molecular complexity index is 1300. The van der Waals surface area contributed by atoms with E-state index in [4.69, 9.17) is 23.5 Å². The average Bonchev–Trinajstić information content (AvgIpc) is 3.53. The largest absolute Gasteiger partial charge is 0.447 e. The van der Waals surface area contributed by atoms with Gasteiger partial charge in [-0.2, -0.15) is 0 Å². The Labute approximate surface area is 200 Å². The molecule has 9 nitrogen and oxygen atoms in total. The molecule has 0 spiro atoms. The molecule has 1 atom stereocenters. The van der Waals surface area contributed by atoms with E-state index in [2.05, 4.69) is 31.4 Å². The number of nitrogens with two attached hydrogens (primary N) is 1. The Balaban J connectivity index is 1.50. The van der Waals surface area contributed by atoms with Crippen LogP contribution < -0.4 is 16.4 Å². The van der Waals surface area contributed by atoms with E-state index >= 15 is 0 Å². The van der Waals surface area contributed by atoms with Gasteiger partial charge in [-0.25, -0.2) is 21.1 Å². The lowest BCUT2D eigenvalue weighted by molar-refractivity contribution is 0.144. The number of hydrogen-bond donors (Lipinski definition) is 3. The van der Waals surface area contributed by atoms with Crippen LogP contribution in [0.5, 0.6) is 0 Å². The lowest BCUT2D eigenvalue weighted by Crippen LogP contribution is -2.36. The fraction of sp³-hybridized carbons (Fsp3) is 0.208. The maximum atomic E-state index is 12.5. The molecule has 1 aliphatic rings. The number of hydrogen-bond acceptors (Lipinski definition) is 6. The van der Waals surface area contributed by atoms with Crippen LogP contribution in [0.1, 0.15) is 35.0 Å². The Morgan fingerprint density at radius 1 is 1.32 bits per heavy atom. The number of anilines is 1. The van der Waals surface area contributed by atoms with Crippen molar-refractivity contribution in [1.29, 1.82) is 0 Å². The van der Waals surface area contributed by atoms with Gasteiger partial charge in [0.05, 0.1) is 11.7 Å². The zero-order valence-electron chi connectivity index (χ0n) is 17.9. The molecule has 4 N–H and O–H groups in total. The van der Waals surface area contributed by atoms with Crippen molar-refractivity contribution in [3.63, 3.8) is 0 Å². The molecule has 1 aromatic carbocycles. The van der Waals surface area contributed by atoms with Crippen LogP contribution in [-0.4, -0.2) is 28.7 Å². The summed E-state index contributed by atoms with van der Waals surface area (Å²) < 4.78 is 4.93. The summed E-state index contributed by atoms with van der Waals surface area (Å²) in [5, 5.41) is 7.42. The Kier molecular flexibility index (Phi) is 6.44. The molecular weight excluding hydrogens is 452 g/mol. The maximum absolute atomic E-state index is 12.5. The SMILES string of the molecule is [C-]#[N+]C1(c2ccnc(-c3ccc([C@H](COC(N)=O)NC(=O)Nc4csc(C#C)n4)cc3)c2)CC1. The van der Waals surface area contributed by atoms with Crippen molar-refractivity contribution in [3.05, 3.63) is 75.5 Å². The molecule has 1 saturated carbocycles. The molecule has 2 heterocycles. The highest BCUT2D eigenvalue weighted by molar-refractivity contribution is 7.10. The molecule has 34 heavy (non-hydrogen) atoms. The molecule has 0 radical (unpaired) electrons. The fourth-order valence-electron chi connectivity index (χ4n) is 3.44. The van der Waals surface area contributed by atoms with Crippen molar-refractivity contribution < 1.29 is 14.3 Å². The number of carbonyl (C=O) groups excluding carboxylic acids is 2.